The molecule has 0 saturated heterocycles. The molecule has 0 atom stereocenters. The first-order valence-corrected chi connectivity index (χ1v) is 7.59. The Kier molecular flexibility index (Phi) is 5.81. The molecule has 0 unspecified atom stereocenters. The number of carboxylic acids is 1. The van der Waals surface area contributed by atoms with Crippen LogP contribution < -0.4 is 0 Å². The summed E-state index contributed by atoms with van der Waals surface area (Å²) in [5.41, 5.74) is -0.0530. The number of halogens is 2. The quantitative estimate of drug-likeness (QED) is 0.864. The molecule has 0 bridgehead atoms. The summed E-state index contributed by atoms with van der Waals surface area (Å²) in [6.07, 6.45) is 2.76. The number of carbonyl (C=O) groups excluding carboxylic acids is 1. The third-order valence-electron chi connectivity index (χ3n) is 3.28. The molecule has 2 aromatic rings. The van der Waals surface area contributed by atoms with Crippen molar-refractivity contribution in [3.8, 4) is 0 Å². The van der Waals surface area contributed by atoms with E-state index in [4.69, 9.17) is 16.7 Å². The summed E-state index contributed by atoms with van der Waals surface area (Å²) in [5, 5.41) is 9.04. The first-order valence-electron chi connectivity index (χ1n) is 7.21. The van der Waals surface area contributed by atoms with Crippen LogP contribution >= 0.6 is 11.6 Å². The Labute approximate surface area is 142 Å². The molecule has 1 N–H and O–H groups in total. The number of carbonyl (C=O) groups is 2. The van der Waals surface area contributed by atoms with E-state index in [0.717, 1.165) is 12.4 Å². The average Bonchev–Trinajstić information content (AvgIpc) is 2.56. The van der Waals surface area contributed by atoms with Gasteiger partial charge in [0.25, 0.3) is 5.91 Å². The zero-order valence-electron chi connectivity index (χ0n) is 12.9. The molecule has 0 aliphatic carbocycles. The summed E-state index contributed by atoms with van der Waals surface area (Å²) in [5.74, 6) is -2.20. The Bertz CT molecular complexity index is 732. The Morgan fingerprint density at radius 1 is 1.25 bits per heavy atom. The largest absolute Gasteiger partial charge is 0.476 e. The number of carboxylic acid groups (broad SMARTS) is 1. The average molecular weight is 352 g/mol. The van der Waals surface area contributed by atoms with Gasteiger partial charge in [0.1, 0.15) is 11.5 Å². The van der Waals surface area contributed by atoms with Gasteiger partial charge in [0, 0.05) is 17.1 Å². The minimum atomic E-state index is -1.23. The number of aromatic nitrogens is 2. The fourth-order valence-corrected chi connectivity index (χ4v) is 2.33. The topological polar surface area (TPSA) is 83.4 Å². The van der Waals surface area contributed by atoms with E-state index in [-0.39, 0.29) is 28.5 Å². The van der Waals surface area contributed by atoms with Gasteiger partial charge < -0.3 is 10.0 Å². The van der Waals surface area contributed by atoms with Crippen LogP contribution in [0.3, 0.4) is 0 Å². The highest BCUT2D eigenvalue weighted by Crippen LogP contribution is 2.21. The predicted molar refractivity (Wildman–Crippen MR) is 85.4 cm³/mol. The molecule has 24 heavy (non-hydrogen) atoms. The highest BCUT2D eigenvalue weighted by Gasteiger charge is 2.20. The SMILES string of the molecule is CCCN(Cc1c(F)cccc1Cl)C(=O)c1cnc(C(=O)O)cn1. The van der Waals surface area contributed by atoms with Gasteiger partial charge in [-0.25, -0.2) is 19.2 Å². The predicted octanol–water partition coefficient (Wildman–Crippen LogP) is 3.02. The maximum absolute atomic E-state index is 13.9. The van der Waals surface area contributed by atoms with Gasteiger partial charge in [0.2, 0.25) is 0 Å². The van der Waals surface area contributed by atoms with E-state index in [1.807, 2.05) is 6.92 Å². The third-order valence-corrected chi connectivity index (χ3v) is 3.64. The highest BCUT2D eigenvalue weighted by molar-refractivity contribution is 6.31. The molecule has 2 rings (SSSR count). The second-order valence-corrected chi connectivity index (χ2v) is 5.43. The molecule has 1 amide bonds. The summed E-state index contributed by atoms with van der Waals surface area (Å²) in [4.78, 5) is 32.2. The molecular weight excluding hydrogens is 337 g/mol. The zero-order chi connectivity index (χ0) is 17.7. The van der Waals surface area contributed by atoms with Crippen molar-refractivity contribution in [2.24, 2.45) is 0 Å². The summed E-state index contributed by atoms with van der Waals surface area (Å²) in [7, 11) is 0. The van der Waals surface area contributed by atoms with Crippen molar-refractivity contribution in [2.75, 3.05) is 6.54 Å². The van der Waals surface area contributed by atoms with Gasteiger partial charge in [-0.1, -0.05) is 24.6 Å². The molecule has 0 radical (unpaired) electrons. The Morgan fingerprint density at radius 2 is 1.92 bits per heavy atom. The van der Waals surface area contributed by atoms with Crippen molar-refractivity contribution < 1.29 is 19.1 Å². The van der Waals surface area contributed by atoms with Crippen LogP contribution in [0.1, 0.15) is 39.9 Å². The molecule has 1 aromatic heterocycles. The van der Waals surface area contributed by atoms with Crippen LogP contribution in [0.4, 0.5) is 4.39 Å². The molecule has 0 aliphatic heterocycles. The van der Waals surface area contributed by atoms with Gasteiger partial charge in [-0.2, -0.15) is 0 Å². The van der Waals surface area contributed by atoms with Gasteiger partial charge in [0.15, 0.2) is 5.69 Å². The molecule has 6 nitrogen and oxygen atoms in total. The standard InChI is InChI=1S/C16H15ClFN3O3/c1-2-6-21(9-10-11(17)4-3-5-12(10)18)15(22)13-7-20-14(8-19-13)16(23)24/h3-5,7-8H,2,6,9H2,1H3,(H,23,24). The number of hydrogen-bond acceptors (Lipinski definition) is 4. The minimum absolute atomic E-state index is 0.0130. The van der Waals surface area contributed by atoms with Crippen molar-refractivity contribution in [3.63, 3.8) is 0 Å². The summed E-state index contributed by atoms with van der Waals surface area (Å²) >= 11 is 6.01. The molecule has 8 heteroatoms. The van der Waals surface area contributed by atoms with Gasteiger partial charge in [-0.15, -0.1) is 0 Å². The molecule has 126 valence electrons. The summed E-state index contributed by atoms with van der Waals surface area (Å²) < 4.78 is 13.9. The second kappa shape index (κ2) is 7.83. The van der Waals surface area contributed by atoms with Gasteiger partial charge in [0.05, 0.1) is 18.9 Å². The lowest BCUT2D eigenvalue weighted by Gasteiger charge is -2.22. The number of amides is 1. The van der Waals surface area contributed by atoms with E-state index < -0.39 is 17.7 Å². The van der Waals surface area contributed by atoms with Crippen LogP contribution in [-0.4, -0.2) is 38.4 Å². The lowest BCUT2D eigenvalue weighted by atomic mass is 10.2. The number of aromatic carboxylic acids is 1. The molecule has 0 saturated carbocycles. The van der Waals surface area contributed by atoms with E-state index in [2.05, 4.69) is 9.97 Å². The van der Waals surface area contributed by atoms with Crippen molar-refractivity contribution in [1.29, 1.82) is 0 Å². The van der Waals surface area contributed by atoms with E-state index in [9.17, 15) is 14.0 Å². The van der Waals surface area contributed by atoms with E-state index in [1.165, 1.54) is 17.0 Å². The van der Waals surface area contributed by atoms with Crippen molar-refractivity contribution in [2.45, 2.75) is 19.9 Å². The van der Waals surface area contributed by atoms with Crippen LogP contribution in [0, 0.1) is 5.82 Å². The van der Waals surface area contributed by atoms with Gasteiger partial charge in [-0.3, -0.25) is 4.79 Å². The normalized spacial score (nSPS) is 10.5. The fraction of sp³-hybridized carbons (Fsp3) is 0.250. The number of rotatable bonds is 6. The van der Waals surface area contributed by atoms with Gasteiger partial charge >= 0.3 is 5.97 Å². The van der Waals surface area contributed by atoms with E-state index in [1.54, 1.807) is 6.07 Å². The monoisotopic (exact) mass is 351 g/mol. The van der Waals surface area contributed by atoms with E-state index >= 15 is 0 Å². The van der Waals surface area contributed by atoms with Crippen LogP contribution in [0.25, 0.3) is 0 Å². The first kappa shape index (κ1) is 17.8. The third kappa shape index (κ3) is 4.05. The molecule has 1 aromatic carbocycles. The zero-order valence-corrected chi connectivity index (χ0v) is 13.6. The van der Waals surface area contributed by atoms with Crippen molar-refractivity contribution >= 4 is 23.5 Å². The van der Waals surface area contributed by atoms with Crippen LogP contribution in [0.2, 0.25) is 5.02 Å². The maximum Gasteiger partial charge on any atom is 0.356 e. The summed E-state index contributed by atoms with van der Waals surface area (Å²) in [6.45, 7) is 2.23. The molecule has 0 fully saturated rings. The number of benzene rings is 1. The van der Waals surface area contributed by atoms with Crippen LogP contribution in [-0.2, 0) is 6.54 Å². The Morgan fingerprint density at radius 3 is 2.46 bits per heavy atom. The Hall–Kier alpha value is -2.54. The highest BCUT2D eigenvalue weighted by atomic mass is 35.5. The second-order valence-electron chi connectivity index (χ2n) is 5.02. The summed E-state index contributed by atoms with van der Waals surface area (Å²) in [6, 6.07) is 4.32. The fourth-order valence-electron chi connectivity index (χ4n) is 2.11. The molecule has 1 heterocycles. The number of nitrogens with zero attached hydrogens (tertiary/aromatic N) is 3. The van der Waals surface area contributed by atoms with Crippen molar-refractivity contribution in [1.82, 2.24) is 14.9 Å². The molecular formula is C16H15ClFN3O3. The Balaban J connectivity index is 2.26. The number of hydrogen-bond donors (Lipinski definition) is 1. The lowest BCUT2D eigenvalue weighted by Crippen LogP contribution is -2.32. The lowest BCUT2D eigenvalue weighted by molar-refractivity contribution is 0.0684. The molecule has 0 spiro atoms. The maximum atomic E-state index is 13.9. The van der Waals surface area contributed by atoms with Crippen molar-refractivity contribution in [3.05, 3.63) is 58.4 Å². The first-order chi connectivity index (χ1) is 11.4. The van der Waals surface area contributed by atoms with Crippen LogP contribution in [0.15, 0.2) is 30.6 Å². The van der Waals surface area contributed by atoms with Crippen LogP contribution in [0.5, 0.6) is 0 Å². The minimum Gasteiger partial charge on any atom is -0.476 e. The smallest absolute Gasteiger partial charge is 0.356 e. The van der Waals surface area contributed by atoms with Gasteiger partial charge in [-0.05, 0) is 18.6 Å². The molecule has 0 aliphatic rings. The van der Waals surface area contributed by atoms with E-state index in [0.29, 0.717) is 13.0 Å².